The summed E-state index contributed by atoms with van der Waals surface area (Å²) in [4.78, 5) is 24.9. The summed E-state index contributed by atoms with van der Waals surface area (Å²) >= 11 is 0. The van der Waals surface area contributed by atoms with E-state index < -0.39 is 0 Å². The molecule has 0 amide bonds. The van der Waals surface area contributed by atoms with E-state index in [-0.39, 0.29) is 6.61 Å². The lowest BCUT2D eigenvalue weighted by atomic mass is 10.1. The number of rotatable bonds is 8. The predicted octanol–water partition coefficient (Wildman–Crippen LogP) is 1.60. The molecule has 110 valence electrons. The summed E-state index contributed by atoms with van der Waals surface area (Å²) in [5.74, 6) is 1.12. The molecule has 1 aromatic carbocycles. The van der Waals surface area contributed by atoms with Crippen molar-refractivity contribution in [3.05, 3.63) is 47.5 Å². The third-order valence-corrected chi connectivity index (χ3v) is 3.12. The minimum Gasteiger partial charge on any atom is -0.490 e. The van der Waals surface area contributed by atoms with Gasteiger partial charge in [-0.2, -0.15) is 0 Å². The summed E-state index contributed by atoms with van der Waals surface area (Å²) in [5.41, 5.74) is 2.01. The molecule has 1 heterocycles. The molecule has 0 unspecified atom stereocenters. The van der Waals surface area contributed by atoms with Crippen LogP contribution in [0, 0.1) is 6.92 Å². The number of hydrogen-bond acceptors (Lipinski definition) is 5. The van der Waals surface area contributed by atoms with Crippen molar-refractivity contribution in [3.8, 4) is 5.75 Å². The third-order valence-electron chi connectivity index (χ3n) is 3.12. The molecule has 0 aliphatic carbocycles. The number of imidazole rings is 1. The maximum atomic E-state index is 10.9. The van der Waals surface area contributed by atoms with Crippen molar-refractivity contribution in [3.63, 3.8) is 0 Å². The second kappa shape index (κ2) is 7.23. The Hall–Kier alpha value is -2.63. The summed E-state index contributed by atoms with van der Waals surface area (Å²) in [6.45, 7) is 3.40. The van der Waals surface area contributed by atoms with E-state index in [1.165, 1.54) is 0 Å². The lowest BCUT2D eigenvalue weighted by molar-refractivity contribution is -0.129. The number of benzene rings is 1. The predicted molar refractivity (Wildman–Crippen MR) is 75.4 cm³/mol. The van der Waals surface area contributed by atoms with Crippen LogP contribution >= 0.6 is 0 Å². The van der Waals surface area contributed by atoms with Crippen LogP contribution in [0.4, 0.5) is 0 Å². The molecule has 2 rings (SSSR count). The first-order valence-electron chi connectivity index (χ1n) is 6.49. The lowest BCUT2D eigenvalue weighted by Crippen LogP contribution is -2.08. The van der Waals surface area contributed by atoms with Crippen LogP contribution in [0.25, 0.3) is 0 Å². The molecule has 0 spiro atoms. The Labute approximate surface area is 122 Å². The first-order chi connectivity index (χ1) is 10.3. The summed E-state index contributed by atoms with van der Waals surface area (Å²) in [6, 6.07) is 5.71. The van der Waals surface area contributed by atoms with Gasteiger partial charge in [-0.25, -0.2) is 4.98 Å². The molecule has 0 fully saturated rings. The van der Waals surface area contributed by atoms with Crippen molar-refractivity contribution in [2.24, 2.45) is 0 Å². The van der Waals surface area contributed by atoms with Gasteiger partial charge in [0.1, 0.15) is 19.0 Å². The van der Waals surface area contributed by atoms with E-state index in [9.17, 15) is 9.59 Å². The molecule has 0 bridgehead atoms. The lowest BCUT2D eigenvalue weighted by Gasteiger charge is -2.13. The van der Waals surface area contributed by atoms with E-state index in [1.54, 1.807) is 17.0 Å². The number of carbonyl (C=O) groups is 2. The SMILES string of the molecule is Cc1c(Cn2ccnc2C=O)cccc1OCCOC=O. The van der Waals surface area contributed by atoms with Crippen LogP contribution in [0.5, 0.6) is 5.75 Å². The molecule has 1 aromatic heterocycles. The fourth-order valence-corrected chi connectivity index (χ4v) is 1.99. The monoisotopic (exact) mass is 288 g/mol. The Balaban J connectivity index is 2.10. The highest BCUT2D eigenvalue weighted by atomic mass is 16.5. The van der Waals surface area contributed by atoms with E-state index in [1.807, 2.05) is 25.1 Å². The van der Waals surface area contributed by atoms with Crippen LogP contribution in [0.3, 0.4) is 0 Å². The number of aldehydes is 1. The second-order valence-electron chi connectivity index (χ2n) is 4.39. The molecule has 0 N–H and O–H groups in total. The van der Waals surface area contributed by atoms with Gasteiger partial charge in [0.25, 0.3) is 6.47 Å². The minimum absolute atomic E-state index is 0.212. The van der Waals surface area contributed by atoms with Gasteiger partial charge in [0.15, 0.2) is 12.1 Å². The third kappa shape index (κ3) is 3.68. The highest BCUT2D eigenvalue weighted by Crippen LogP contribution is 2.22. The summed E-state index contributed by atoms with van der Waals surface area (Å²) < 4.78 is 11.9. The molecule has 0 saturated carbocycles. The van der Waals surface area contributed by atoms with E-state index >= 15 is 0 Å². The highest BCUT2D eigenvalue weighted by Gasteiger charge is 2.08. The van der Waals surface area contributed by atoms with Gasteiger partial charge >= 0.3 is 0 Å². The maximum absolute atomic E-state index is 10.9. The van der Waals surface area contributed by atoms with Gasteiger partial charge < -0.3 is 14.0 Å². The van der Waals surface area contributed by atoms with E-state index in [4.69, 9.17) is 4.74 Å². The zero-order valence-electron chi connectivity index (χ0n) is 11.7. The summed E-state index contributed by atoms with van der Waals surface area (Å²) in [6.07, 6.45) is 4.08. The Morgan fingerprint density at radius 2 is 2.14 bits per heavy atom. The molecule has 6 nitrogen and oxygen atoms in total. The van der Waals surface area contributed by atoms with Crippen molar-refractivity contribution < 1.29 is 19.1 Å². The molecule has 0 atom stereocenters. The van der Waals surface area contributed by atoms with Gasteiger partial charge in [-0.3, -0.25) is 9.59 Å². The first kappa shape index (κ1) is 14.8. The van der Waals surface area contributed by atoms with Crippen LogP contribution in [-0.2, 0) is 16.1 Å². The smallest absolute Gasteiger partial charge is 0.293 e. The molecule has 2 aromatic rings. The molecule has 21 heavy (non-hydrogen) atoms. The van der Waals surface area contributed by atoms with Gasteiger partial charge in [-0.1, -0.05) is 12.1 Å². The molecule has 0 aliphatic heterocycles. The number of aromatic nitrogens is 2. The number of hydrogen-bond donors (Lipinski definition) is 0. The molecular formula is C15H16N2O4. The second-order valence-corrected chi connectivity index (χ2v) is 4.39. The van der Waals surface area contributed by atoms with Crippen molar-refractivity contribution in [2.75, 3.05) is 13.2 Å². The average Bonchev–Trinajstić information content (AvgIpc) is 2.94. The number of ether oxygens (including phenoxy) is 2. The Bertz CT molecular complexity index is 622. The van der Waals surface area contributed by atoms with Crippen molar-refractivity contribution in [2.45, 2.75) is 13.5 Å². The van der Waals surface area contributed by atoms with Crippen LogP contribution < -0.4 is 4.74 Å². The van der Waals surface area contributed by atoms with Crippen molar-refractivity contribution in [1.82, 2.24) is 9.55 Å². The number of nitrogens with zero attached hydrogens (tertiary/aromatic N) is 2. The summed E-state index contributed by atoms with van der Waals surface area (Å²) in [5, 5.41) is 0. The molecular weight excluding hydrogens is 272 g/mol. The largest absolute Gasteiger partial charge is 0.490 e. The van der Waals surface area contributed by atoms with Gasteiger partial charge in [-0.05, 0) is 24.1 Å². The first-order valence-corrected chi connectivity index (χ1v) is 6.49. The maximum Gasteiger partial charge on any atom is 0.293 e. The van der Waals surface area contributed by atoms with Crippen molar-refractivity contribution in [1.29, 1.82) is 0 Å². The van der Waals surface area contributed by atoms with E-state index in [0.717, 1.165) is 23.2 Å². The van der Waals surface area contributed by atoms with Gasteiger partial charge in [-0.15, -0.1) is 0 Å². The molecule has 0 saturated heterocycles. The zero-order chi connectivity index (χ0) is 15.1. The Kier molecular flexibility index (Phi) is 5.09. The van der Waals surface area contributed by atoms with Crippen LogP contribution in [0.2, 0.25) is 0 Å². The van der Waals surface area contributed by atoms with Crippen LogP contribution in [0.15, 0.2) is 30.6 Å². The fourth-order valence-electron chi connectivity index (χ4n) is 1.99. The Morgan fingerprint density at radius 3 is 2.90 bits per heavy atom. The normalized spacial score (nSPS) is 10.1. The minimum atomic E-state index is 0.212. The van der Waals surface area contributed by atoms with Crippen molar-refractivity contribution >= 4 is 12.8 Å². The number of carbonyl (C=O) groups excluding carboxylic acids is 2. The zero-order valence-corrected chi connectivity index (χ0v) is 11.7. The molecule has 0 aliphatic rings. The van der Waals surface area contributed by atoms with Crippen LogP contribution in [-0.4, -0.2) is 35.5 Å². The van der Waals surface area contributed by atoms with Gasteiger partial charge in [0, 0.05) is 18.9 Å². The van der Waals surface area contributed by atoms with Gasteiger partial charge in [0.2, 0.25) is 0 Å². The topological polar surface area (TPSA) is 70.4 Å². The average molecular weight is 288 g/mol. The van der Waals surface area contributed by atoms with E-state index in [2.05, 4.69) is 9.72 Å². The van der Waals surface area contributed by atoms with E-state index in [0.29, 0.717) is 25.4 Å². The molecule has 0 radical (unpaired) electrons. The highest BCUT2D eigenvalue weighted by molar-refractivity contribution is 5.69. The van der Waals surface area contributed by atoms with Crippen LogP contribution in [0.1, 0.15) is 21.7 Å². The fraction of sp³-hybridized carbons (Fsp3) is 0.267. The quantitative estimate of drug-likeness (QED) is 0.545. The van der Waals surface area contributed by atoms with Gasteiger partial charge in [0.05, 0.1) is 0 Å². The molecule has 6 heteroatoms. The summed E-state index contributed by atoms with van der Waals surface area (Å²) in [7, 11) is 0. The standard InChI is InChI=1S/C15H16N2O4/c1-12-13(9-17-6-5-16-15(17)10-18)3-2-4-14(12)21-8-7-20-11-19/h2-6,10-11H,7-9H2,1H3. The Morgan fingerprint density at radius 1 is 1.29 bits per heavy atom.